The third-order valence-electron chi connectivity index (χ3n) is 4.45. The summed E-state index contributed by atoms with van der Waals surface area (Å²) in [5.74, 6) is 9.45. The van der Waals surface area contributed by atoms with Gasteiger partial charge in [-0.2, -0.15) is 0 Å². The maximum Gasteiger partial charge on any atom is 0.145 e. The van der Waals surface area contributed by atoms with Crippen LogP contribution in [0.2, 0.25) is 0 Å². The fraction of sp³-hybridized carbons (Fsp3) is 0.733. The molecule has 1 aromatic heterocycles. The molecule has 1 aromatic rings. The second kappa shape index (κ2) is 6.15. The Labute approximate surface area is 126 Å². The fourth-order valence-electron chi connectivity index (χ4n) is 2.75. The lowest BCUT2D eigenvalue weighted by atomic mass is 10.2. The third kappa shape index (κ3) is 3.44. The molecule has 1 atom stereocenters. The Morgan fingerprint density at radius 2 is 2.14 bits per heavy atom. The first-order valence-corrected chi connectivity index (χ1v) is 7.84. The Balaban J connectivity index is 1.86. The first-order chi connectivity index (χ1) is 10.2. The number of hydrogen-bond acceptors (Lipinski definition) is 6. The number of rotatable bonds is 8. The van der Waals surface area contributed by atoms with Crippen LogP contribution in [-0.4, -0.2) is 36.3 Å². The van der Waals surface area contributed by atoms with Crippen LogP contribution in [0.4, 0.5) is 11.6 Å². The summed E-state index contributed by atoms with van der Waals surface area (Å²) in [6, 6.07) is 2.42. The van der Waals surface area contributed by atoms with E-state index in [-0.39, 0.29) is 0 Å². The molecule has 0 aromatic carbocycles. The summed E-state index contributed by atoms with van der Waals surface area (Å²) >= 11 is 0. The highest BCUT2D eigenvalue weighted by molar-refractivity contribution is 5.50. The second-order valence-electron chi connectivity index (χ2n) is 6.15. The van der Waals surface area contributed by atoms with Gasteiger partial charge in [0, 0.05) is 31.7 Å². The minimum atomic E-state index is 0.479. The molecular formula is C15H25N5O. The maximum absolute atomic E-state index is 5.57. The number of ether oxygens (including phenoxy) is 1. The molecule has 1 unspecified atom stereocenters. The van der Waals surface area contributed by atoms with Gasteiger partial charge in [0.15, 0.2) is 0 Å². The van der Waals surface area contributed by atoms with Crippen LogP contribution < -0.4 is 16.2 Å². The minimum Gasteiger partial charge on any atom is -0.383 e. The van der Waals surface area contributed by atoms with Crippen LogP contribution in [0.25, 0.3) is 0 Å². The van der Waals surface area contributed by atoms with E-state index in [0.29, 0.717) is 24.4 Å². The van der Waals surface area contributed by atoms with E-state index >= 15 is 0 Å². The van der Waals surface area contributed by atoms with Gasteiger partial charge in [0.25, 0.3) is 0 Å². The molecular weight excluding hydrogens is 266 g/mol. The van der Waals surface area contributed by atoms with Gasteiger partial charge in [-0.15, -0.1) is 0 Å². The summed E-state index contributed by atoms with van der Waals surface area (Å²) in [5.41, 5.74) is 2.68. The maximum atomic E-state index is 5.57. The van der Waals surface area contributed by atoms with E-state index in [1.54, 1.807) is 7.11 Å². The summed E-state index contributed by atoms with van der Waals surface area (Å²) < 4.78 is 5.27. The van der Waals surface area contributed by atoms with E-state index in [2.05, 4.69) is 22.2 Å². The van der Waals surface area contributed by atoms with Crippen LogP contribution in [-0.2, 0) is 4.74 Å². The lowest BCUT2D eigenvalue weighted by Gasteiger charge is -2.30. The van der Waals surface area contributed by atoms with Crippen LogP contribution in [0.5, 0.6) is 0 Å². The molecule has 3 N–H and O–H groups in total. The van der Waals surface area contributed by atoms with Gasteiger partial charge < -0.3 is 15.1 Å². The van der Waals surface area contributed by atoms with Gasteiger partial charge >= 0.3 is 0 Å². The van der Waals surface area contributed by atoms with Crippen molar-refractivity contribution < 1.29 is 4.74 Å². The minimum absolute atomic E-state index is 0.479. The highest BCUT2D eigenvalue weighted by Crippen LogP contribution is 2.40. The third-order valence-corrected chi connectivity index (χ3v) is 4.45. The second-order valence-corrected chi connectivity index (χ2v) is 6.15. The number of hydrogen-bond donors (Lipinski definition) is 2. The monoisotopic (exact) mass is 291 g/mol. The van der Waals surface area contributed by atoms with Gasteiger partial charge in [0.1, 0.15) is 17.5 Å². The molecule has 6 heteroatoms. The number of nitrogens with one attached hydrogen (secondary N) is 1. The Morgan fingerprint density at radius 1 is 1.38 bits per heavy atom. The predicted octanol–water partition coefficient (Wildman–Crippen LogP) is 1.89. The van der Waals surface area contributed by atoms with Crippen molar-refractivity contribution in [2.45, 2.75) is 44.6 Å². The van der Waals surface area contributed by atoms with Crippen molar-refractivity contribution in [3.63, 3.8) is 0 Å². The molecule has 0 aliphatic heterocycles. The van der Waals surface area contributed by atoms with Crippen LogP contribution in [0, 0.1) is 5.92 Å². The number of anilines is 2. The highest BCUT2D eigenvalue weighted by atomic mass is 16.5. The molecule has 2 fully saturated rings. The van der Waals surface area contributed by atoms with Crippen molar-refractivity contribution >= 4 is 11.6 Å². The number of nitrogen functional groups attached to an aromatic ring is 1. The summed E-state index contributed by atoms with van der Waals surface area (Å²) in [6.45, 7) is 3.83. The number of methoxy groups -OCH3 is 1. The summed E-state index contributed by atoms with van der Waals surface area (Å²) in [4.78, 5) is 11.6. The van der Waals surface area contributed by atoms with E-state index < -0.39 is 0 Å². The van der Waals surface area contributed by atoms with E-state index in [4.69, 9.17) is 15.6 Å². The van der Waals surface area contributed by atoms with Crippen molar-refractivity contribution in [1.29, 1.82) is 0 Å². The molecule has 2 aliphatic rings. The van der Waals surface area contributed by atoms with E-state index in [0.717, 1.165) is 24.1 Å². The Bertz CT molecular complexity index is 487. The quantitative estimate of drug-likeness (QED) is 0.562. The number of hydrazine groups is 1. The fourth-order valence-corrected chi connectivity index (χ4v) is 2.75. The van der Waals surface area contributed by atoms with Crippen LogP contribution in [0.15, 0.2) is 6.07 Å². The molecule has 2 aliphatic carbocycles. The smallest absolute Gasteiger partial charge is 0.145 e. The molecule has 2 saturated carbocycles. The largest absolute Gasteiger partial charge is 0.383 e. The molecule has 21 heavy (non-hydrogen) atoms. The molecule has 116 valence electrons. The summed E-state index contributed by atoms with van der Waals surface area (Å²) in [6.07, 6.45) is 4.99. The SMILES string of the molecule is COCCN(c1cc(NN)nc(C2CC2)n1)C(C)C1CC1. The number of nitrogens with zero attached hydrogens (tertiary/aromatic N) is 3. The zero-order valence-electron chi connectivity index (χ0n) is 12.9. The van der Waals surface area contributed by atoms with Gasteiger partial charge in [-0.1, -0.05) is 0 Å². The molecule has 3 rings (SSSR count). The van der Waals surface area contributed by atoms with Crippen LogP contribution in [0.3, 0.4) is 0 Å². The molecule has 0 spiro atoms. The average molecular weight is 291 g/mol. The Kier molecular flexibility index (Phi) is 4.26. The molecule has 0 saturated heterocycles. The standard InChI is InChI=1S/C15H25N5O/c1-10(11-3-4-11)20(7-8-21-2)14-9-13(19-16)17-15(18-14)12-5-6-12/h9-12H,3-8,16H2,1-2H3,(H,17,18,19). The van der Waals surface area contributed by atoms with Crippen molar-refractivity contribution in [2.24, 2.45) is 11.8 Å². The van der Waals surface area contributed by atoms with Crippen LogP contribution in [0.1, 0.15) is 44.3 Å². The van der Waals surface area contributed by atoms with Gasteiger partial charge in [0.2, 0.25) is 0 Å². The van der Waals surface area contributed by atoms with Crippen molar-refractivity contribution in [1.82, 2.24) is 9.97 Å². The first kappa shape index (κ1) is 14.5. The number of aromatic nitrogens is 2. The van der Waals surface area contributed by atoms with Crippen molar-refractivity contribution in [3.05, 3.63) is 11.9 Å². The van der Waals surface area contributed by atoms with E-state index in [1.165, 1.54) is 25.7 Å². The zero-order chi connectivity index (χ0) is 14.8. The molecule has 0 radical (unpaired) electrons. The molecule has 6 nitrogen and oxygen atoms in total. The van der Waals surface area contributed by atoms with Gasteiger partial charge in [0.05, 0.1) is 6.61 Å². The summed E-state index contributed by atoms with van der Waals surface area (Å²) in [7, 11) is 1.74. The van der Waals surface area contributed by atoms with Gasteiger partial charge in [-0.05, 0) is 38.5 Å². The average Bonchev–Trinajstić information content (AvgIpc) is 3.39. The summed E-state index contributed by atoms with van der Waals surface area (Å²) in [5, 5.41) is 0. The normalized spacial score (nSPS) is 19.4. The topological polar surface area (TPSA) is 76.3 Å². The Morgan fingerprint density at radius 3 is 2.71 bits per heavy atom. The molecule has 1 heterocycles. The predicted molar refractivity (Wildman–Crippen MR) is 83.2 cm³/mol. The first-order valence-electron chi connectivity index (χ1n) is 7.84. The van der Waals surface area contributed by atoms with E-state index in [1.807, 2.05) is 6.07 Å². The number of nitrogens with two attached hydrogens (primary N) is 1. The van der Waals surface area contributed by atoms with Crippen molar-refractivity contribution in [3.8, 4) is 0 Å². The lowest BCUT2D eigenvalue weighted by Crippen LogP contribution is -2.38. The van der Waals surface area contributed by atoms with Gasteiger partial charge in [-0.25, -0.2) is 15.8 Å². The molecule has 0 bridgehead atoms. The van der Waals surface area contributed by atoms with E-state index in [9.17, 15) is 0 Å². The van der Waals surface area contributed by atoms with Crippen LogP contribution >= 0.6 is 0 Å². The highest BCUT2D eigenvalue weighted by Gasteiger charge is 2.34. The lowest BCUT2D eigenvalue weighted by molar-refractivity contribution is 0.202. The van der Waals surface area contributed by atoms with Gasteiger partial charge in [-0.3, -0.25) is 0 Å². The van der Waals surface area contributed by atoms with Crippen molar-refractivity contribution in [2.75, 3.05) is 30.6 Å². The zero-order valence-corrected chi connectivity index (χ0v) is 12.9. The Hall–Kier alpha value is -1.40. The molecule has 0 amide bonds.